The van der Waals surface area contributed by atoms with Crippen molar-refractivity contribution in [3.05, 3.63) is 29.8 Å². The number of rotatable bonds is 10. The van der Waals surface area contributed by atoms with Gasteiger partial charge in [0.2, 0.25) is 11.8 Å². The minimum absolute atomic E-state index is 0.00715. The third-order valence-electron chi connectivity index (χ3n) is 4.68. The van der Waals surface area contributed by atoms with E-state index in [2.05, 4.69) is 5.32 Å². The summed E-state index contributed by atoms with van der Waals surface area (Å²) in [5.74, 6) is 0.973. The summed E-state index contributed by atoms with van der Waals surface area (Å²) >= 11 is 0. The zero-order chi connectivity index (χ0) is 19.5. The molecule has 1 aromatic rings. The van der Waals surface area contributed by atoms with Gasteiger partial charge in [-0.1, -0.05) is 6.42 Å². The van der Waals surface area contributed by atoms with Crippen LogP contribution >= 0.6 is 0 Å². The van der Waals surface area contributed by atoms with E-state index in [9.17, 15) is 14.4 Å². The summed E-state index contributed by atoms with van der Waals surface area (Å²) in [5, 5.41) is 2.90. The van der Waals surface area contributed by atoms with Gasteiger partial charge in [0.25, 0.3) is 0 Å². The molecule has 2 rings (SSSR count). The smallest absolute Gasteiger partial charge is 0.222 e. The number of ether oxygens (including phenoxy) is 1. The Bertz CT molecular complexity index is 628. The van der Waals surface area contributed by atoms with Crippen molar-refractivity contribution in [1.29, 1.82) is 0 Å². The van der Waals surface area contributed by atoms with E-state index < -0.39 is 0 Å². The van der Waals surface area contributed by atoms with Crippen LogP contribution in [0.1, 0.15) is 62.2 Å². The Morgan fingerprint density at radius 2 is 1.89 bits per heavy atom. The molecule has 1 saturated heterocycles. The van der Waals surface area contributed by atoms with Gasteiger partial charge >= 0.3 is 0 Å². The minimum Gasteiger partial charge on any atom is -0.494 e. The van der Waals surface area contributed by atoms with Crippen molar-refractivity contribution < 1.29 is 19.1 Å². The summed E-state index contributed by atoms with van der Waals surface area (Å²) in [4.78, 5) is 36.9. The number of carbonyl (C=O) groups excluding carboxylic acids is 3. The number of hydrogen-bond acceptors (Lipinski definition) is 4. The largest absolute Gasteiger partial charge is 0.494 e. The van der Waals surface area contributed by atoms with Crippen molar-refractivity contribution in [3.63, 3.8) is 0 Å². The molecule has 0 radical (unpaired) electrons. The number of hydrogen-bond donors (Lipinski definition) is 1. The highest BCUT2D eigenvalue weighted by molar-refractivity contribution is 5.94. The maximum absolute atomic E-state index is 11.9. The molecule has 1 aromatic carbocycles. The van der Waals surface area contributed by atoms with E-state index in [4.69, 9.17) is 4.74 Å². The first-order valence-electron chi connectivity index (χ1n) is 9.84. The number of nitrogens with one attached hydrogen (secondary N) is 1. The summed E-state index contributed by atoms with van der Waals surface area (Å²) in [6.07, 6.45) is 5.69. The van der Waals surface area contributed by atoms with E-state index in [0.717, 1.165) is 38.8 Å². The second kappa shape index (κ2) is 11.4. The molecule has 6 heteroatoms. The molecule has 2 amide bonds. The van der Waals surface area contributed by atoms with Gasteiger partial charge in [-0.15, -0.1) is 0 Å². The molecule has 0 aromatic heterocycles. The molecule has 27 heavy (non-hydrogen) atoms. The second-order valence-corrected chi connectivity index (χ2v) is 6.93. The number of amides is 2. The summed E-state index contributed by atoms with van der Waals surface area (Å²) in [5.41, 5.74) is 0.656. The van der Waals surface area contributed by atoms with Gasteiger partial charge in [-0.3, -0.25) is 14.4 Å². The van der Waals surface area contributed by atoms with Gasteiger partial charge < -0.3 is 15.0 Å². The van der Waals surface area contributed by atoms with Crippen LogP contribution in [0, 0.1) is 0 Å². The van der Waals surface area contributed by atoms with Gasteiger partial charge in [0.05, 0.1) is 6.61 Å². The third kappa shape index (κ3) is 7.81. The highest BCUT2D eigenvalue weighted by Gasteiger charge is 2.15. The van der Waals surface area contributed by atoms with Gasteiger partial charge in [-0.25, -0.2) is 0 Å². The number of benzene rings is 1. The number of ketones is 1. The first kappa shape index (κ1) is 20.9. The molecule has 1 aliphatic heterocycles. The van der Waals surface area contributed by atoms with Crippen LogP contribution in [0.15, 0.2) is 24.3 Å². The number of Topliss-reactive ketones (excluding diaryl/α,β-unsaturated/α-hetero) is 1. The number of carbonyl (C=O) groups is 3. The Hall–Kier alpha value is -2.37. The van der Waals surface area contributed by atoms with E-state index in [1.165, 1.54) is 6.92 Å². The third-order valence-corrected chi connectivity index (χ3v) is 4.68. The maximum Gasteiger partial charge on any atom is 0.222 e. The van der Waals surface area contributed by atoms with Gasteiger partial charge in [0.1, 0.15) is 5.75 Å². The van der Waals surface area contributed by atoms with E-state index in [-0.39, 0.29) is 17.6 Å². The van der Waals surface area contributed by atoms with Crippen molar-refractivity contribution in [2.24, 2.45) is 0 Å². The molecule has 6 nitrogen and oxygen atoms in total. The van der Waals surface area contributed by atoms with Crippen LogP contribution in [0.25, 0.3) is 0 Å². The van der Waals surface area contributed by atoms with Crippen LogP contribution in [0.2, 0.25) is 0 Å². The molecular formula is C21H30N2O4. The van der Waals surface area contributed by atoms with Crippen molar-refractivity contribution in [2.75, 3.05) is 26.2 Å². The molecule has 0 saturated carbocycles. The molecule has 0 unspecified atom stereocenters. The molecule has 1 N–H and O–H groups in total. The quantitative estimate of drug-likeness (QED) is 0.505. The molecule has 0 spiro atoms. The first-order valence-corrected chi connectivity index (χ1v) is 9.84. The molecule has 148 valence electrons. The summed E-state index contributed by atoms with van der Waals surface area (Å²) in [6.45, 7) is 4.14. The number of likely N-dealkylation sites (tertiary alicyclic amines) is 1. The number of nitrogens with zero attached hydrogens (tertiary/aromatic N) is 1. The van der Waals surface area contributed by atoms with Crippen molar-refractivity contribution in [3.8, 4) is 5.75 Å². The Morgan fingerprint density at radius 1 is 1.11 bits per heavy atom. The summed E-state index contributed by atoms with van der Waals surface area (Å²) in [6, 6.07) is 7.00. The fourth-order valence-corrected chi connectivity index (χ4v) is 3.07. The Morgan fingerprint density at radius 3 is 2.63 bits per heavy atom. The van der Waals surface area contributed by atoms with E-state index in [1.807, 2.05) is 4.90 Å². The average Bonchev–Trinajstić information content (AvgIpc) is 2.87. The lowest BCUT2D eigenvalue weighted by Crippen LogP contribution is -2.34. The van der Waals surface area contributed by atoms with Crippen LogP contribution in [0.3, 0.4) is 0 Å². The van der Waals surface area contributed by atoms with Gasteiger partial charge in [-0.2, -0.15) is 0 Å². The normalized spacial score (nSPS) is 14.6. The topological polar surface area (TPSA) is 75.7 Å². The SMILES string of the molecule is CC(=O)c1ccc(OCCCC(=O)NCCCN2CCCCCC2=O)cc1. The van der Waals surface area contributed by atoms with Crippen LogP contribution in [0.4, 0.5) is 0 Å². The monoisotopic (exact) mass is 374 g/mol. The predicted molar refractivity (Wildman–Crippen MR) is 104 cm³/mol. The lowest BCUT2D eigenvalue weighted by Gasteiger charge is -2.20. The average molecular weight is 374 g/mol. The van der Waals surface area contributed by atoms with Crippen LogP contribution in [0.5, 0.6) is 5.75 Å². The Balaban J connectivity index is 1.53. The van der Waals surface area contributed by atoms with Crippen LogP contribution < -0.4 is 10.1 Å². The van der Waals surface area contributed by atoms with Crippen molar-refractivity contribution in [2.45, 2.75) is 51.9 Å². The zero-order valence-corrected chi connectivity index (χ0v) is 16.2. The van der Waals surface area contributed by atoms with Gasteiger partial charge in [-0.05, 0) is 56.9 Å². The molecule has 0 aliphatic carbocycles. The fourth-order valence-electron chi connectivity index (χ4n) is 3.07. The van der Waals surface area contributed by atoms with E-state index in [0.29, 0.717) is 43.7 Å². The Kier molecular flexibility index (Phi) is 8.81. The van der Waals surface area contributed by atoms with Crippen molar-refractivity contribution in [1.82, 2.24) is 10.2 Å². The minimum atomic E-state index is 0.00715. The molecule has 0 bridgehead atoms. The second-order valence-electron chi connectivity index (χ2n) is 6.93. The summed E-state index contributed by atoms with van der Waals surface area (Å²) < 4.78 is 5.58. The van der Waals surface area contributed by atoms with Crippen LogP contribution in [-0.4, -0.2) is 48.7 Å². The maximum atomic E-state index is 11.9. The standard InChI is InChI=1S/C21H30N2O4/c1-17(24)18-9-11-19(12-10-18)27-16-5-7-20(25)22-13-6-15-23-14-4-2-3-8-21(23)26/h9-12H,2-8,13-16H2,1H3,(H,22,25). The molecule has 1 aliphatic rings. The highest BCUT2D eigenvalue weighted by atomic mass is 16.5. The molecule has 0 atom stereocenters. The van der Waals surface area contributed by atoms with E-state index >= 15 is 0 Å². The van der Waals surface area contributed by atoms with Crippen molar-refractivity contribution >= 4 is 17.6 Å². The summed E-state index contributed by atoms with van der Waals surface area (Å²) in [7, 11) is 0. The Labute approximate surface area is 161 Å². The lowest BCUT2D eigenvalue weighted by atomic mass is 10.1. The van der Waals surface area contributed by atoms with Gasteiger partial charge in [0, 0.05) is 38.0 Å². The van der Waals surface area contributed by atoms with E-state index in [1.54, 1.807) is 24.3 Å². The molecular weight excluding hydrogens is 344 g/mol. The van der Waals surface area contributed by atoms with Crippen LogP contribution in [-0.2, 0) is 9.59 Å². The lowest BCUT2D eigenvalue weighted by molar-refractivity contribution is -0.130. The molecule has 1 fully saturated rings. The predicted octanol–water partition coefficient (Wildman–Crippen LogP) is 2.96. The highest BCUT2D eigenvalue weighted by Crippen LogP contribution is 2.13. The molecule has 1 heterocycles. The zero-order valence-electron chi connectivity index (χ0n) is 16.2. The first-order chi connectivity index (χ1) is 13.1. The fraction of sp³-hybridized carbons (Fsp3) is 0.571. The van der Waals surface area contributed by atoms with Gasteiger partial charge in [0.15, 0.2) is 5.78 Å².